The highest BCUT2D eigenvalue weighted by atomic mass is 35.5. The molecule has 3 rings (SSSR count). The second-order valence-corrected chi connectivity index (χ2v) is 7.02. The minimum atomic E-state index is -1.32. The maximum absolute atomic E-state index is 12.8. The van der Waals surface area contributed by atoms with Gasteiger partial charge in [-0.1, -0.05) is 23.2 Å². The zero-order chi connectivity index (χ0) is 22.2. The molecular weight excluding hydrogens is 437 g/mol. The first-order valence-corrected chi connectivity index (χ1v) is 9.15. The van der Waals surface area contributed by atoms with Crippen molar-refractivity contribution >= 4 is 58.6 Å². The maximum atomic E-state index is 12.8. The summed E-state index contributed by atoms with van der Waals surface area (Å²) in [6.07, 6.45) is -1.32. The highest BCUT2D eigenvalue weighted by molar-refractivity contribution is 6.42. The van der Waals surface area contributed by atoms with E-state index in [-0.39, 0.29) is 32.4 Å². The number of imide groups is 2. The van der Waals surface area contributed by atoms with E-state index in [1.807, 2.05) is 0 Å². The maximum Gasteiger partial charge on any atom is 0.338 e. The van der Waals surface area contributed by atoms with Gasteiger partial charge in [0, 0.05) is 0 Å². The Balaban J connectivity index is 1.84. The Morgan fingerprint density at radius 1 is 1.00 bits per heavy atom. The summed E-state index contributed by atoms with van der Waals surface area (Å²) in [5, 5.41) is 2.21. The number of carbonyl (C=O) groups is 5. The minimum Gasteiger partial charge on any atom is -0.449 e. The van der Waals surface area contributed by atoms with Gasteiger partial charge in [0.15, 0.2) is 6.10 Å². The third-order valence-electron chi connectivity index (χ3n) is 4.18. The first kappa shape index (κ1) is 21.3. The van der Waals surface area contributed by atoms with Crippen LogP contribution < -0.4 is 16.0 Å². The number of anilines is 1. The third kappa shape index (κ3) is 3.98. The number of carbonyl (C=O) groups excluding carboxylic acids is 5. The molecule has 9 nitrogen and oxygen atoms in total. The molecule has 0 saturated carbocycles. The zero-order valence-corrected chi connectivity index (χ0v) is 16.8. The molecule has 0 fully saturated rings. The van der Waals surface area contributed by atoms with Gasteiger partial charge < -0.3 is 10.5 Å². The number of nitrogens with two attached hydrogens (primary N) is 1. The number of primary amides is 1. The number of halogens is 2. The normalized spacial score (nSPS) is 13.6. The smallest absolute Gasteiger partial charge is 0.338 e. The summed E-state index contributed by atoms with van der Waals surface area (Å²) in [4.78, 5) is 61.0. The predicted molar refractivity (Wildman–Crippen MR) is 107 cm³/mol. The van der Waals surface area contributed by atoms with E-state index >= 15 is 0 Å². The van der Waals surface area contributed by atoms with Crippen LogP contribution in [0.3, 0.4) is 0 Å². The summed E-state index contributed by atoms with van der Waals surface area (Å²) in [6.45, 7) is 1.24. The summed E-state index contributed by atoms with van der Waals surface area (Å²) in [5.74, 6) is -3.10. The number of amides is 5. The van der Waals surface area contributed by atoms with Crippen molar-refractivity contribution in [2.24, 2.45) is 5.73 Å². The van der Waals surface area contributed by atoms with Crippen molar-refractivity contribution in [2.75, 3.05) is 4.90 Å². The fourth-order valence-electron chi connectivity index (χ4n) is 2.73. The Bertz CT molecular complexity index is 1120. The van der Waals surface area contributed by atoms with Gasteiger partial charge in [-0.2, -0.15) is 0 Å². The summed E-state index contributed by atoms with van der Waals surface area (Å²) in [5.41, 5.74) is 5.06. The molecule has 0 saturated heterocycles. The van der Waals surface area contributed by atoms with Crippen LogP contribution in [-0.2, 0) is 9.53 Å². The Morgan fingerprint density at radius 3 is 2.30 bits per heavy atom. The number of benzene rings is 2. The third-order valence-corrected chi connectivity index (χ3v) is 4.92. The van der Waals surface area contributed by atoms with E-state index in [0.717, 1.165) is 4.90 Å². The Labute approximate surface area is 179 Å². The molecule has 2 aromatic rings. The van der Waals surface area contributed by atoms with Crippen molar-refractivity contribution in [3.05, 3.63) is 63.1 Å². The van der Waals surface area contributed by atoms with Crippen molar-refractivity contribution in [1.29, 1.82) is 0 Å². The van der Waals surface area contributed by atoms with Gasteiger partial charge in [0.1, 0.15) is 0 Å². The topological polar surface area (TPSA) is 136 Å². The number of esters is 1. The van der Waals surface area contributed by atoms with E-state index in [1.54, 1.807) is 5.32 Å². The van der Waals surface area contributed by atoms with Gasteiger partial charge in [0.25, 0.3) is 17.7 Å². The number of hydrogen-bond donors (Lipinski definition) is 2. The minimum absolute atomic E-state index is 0.0187. The number of nitrogens with zero attached hydrogens (tertiary/aromatic N) is 1. The quantitative estimate of drug-likeness (QED) is 0.543. The van der Waals surface area contributed by atoms with E-state index in [0.29, 0.717) is 0 Å². The van der Waals surface area contributed by atoms with Gasteiger partial charge >= 0.3 is 12.0 Å². The van der Waals surface area contributed by atoms with E-state index in [4.69, 9.17) is 33.7 Å². The van der Waals surface area contributed by atoms with Gasteiger partial charge in [-0.25, -0.2) is 14.5 Å². The van der Waals surface area contributed by atoms with E-state index in [9.17, 15) is 24.0 Å². The molecule has 0 radical (unpaired) electrons. The number of urea groups is 1. The standard InChI is InChI=1S/C19H13Cl2N3O6/c1-8(15(25)23-19(22)29)30-18(28)9-2-4-11-12(6-9)17(27)24(16(11)26)10-3-5-13(20)14(21)7-10/h2-8H,1H3,(H3,22,23,25,29)/t8-/m1/s1. The largest absolute Gasteiger partial charge is 0.449 e. The van der Waals surface area contributed by atoms with Gasteiger partial charge in [-0.3, -0.25) is 19.7 Å². The molecule has 3 N–H and O–H groups in total. The second-order valence-electron chi connectivity index (χ2n) is 6.21. The Kier molecular flexibility index (Phi) is 5.77. The van der Waals surface area contributed by atoms with Crippen LogP contribution in [0.5, 0.6) is 0 Å². The highest BCUT2D eigenvalue weighted by Crippen LogP contribution is 2.33. The number of nitrogens with one attached hydrogen (secondary N) is 1. The lowest BCUT2D eigenvalue weighted by atomic mass is 10.1. The van der Waals surface area contributed by atoms with Crippen LogP contribution in [0, 0.1) is 0 Å². The van der Waals surface area contributed by atoms with Gasteiger partial charge in [-0.05, 0) is 43.3 Å². The van der Waals surface area contributed by atoms with E-state index < -0.39 is 35.8 Å². The lowest BCUT2D eigenvalue weighted by Crippen LogP contribution is -2.42. The van der Waals surface area contributed by atoms with Crippen LogP contribution in [-0.4, -0.2) is 35.8 Å². The Morgan fingerprint density at radius 2 is 1.67 bits per heavy atom. The summed E-state index contributed by atoms with van der Waals surface area (Å²) in [6, 6.07) is 6.97. The summed E-state index contributed by atoms with van der Waals surface area (Å²) >= 11 is 11.8. The number of fused-ring (bicyclic) bond motifs is 1. The van der Waals surface area contributed by atoms with Crippen molar-refractivity contribution < 1.29 is 28.7 Å². The monoisotopic (exact) mass is 449 g/mol. The molecule has 0 aromatic heterocycles. The number of hydrogen-bond acceptors (Lipinski definition) is 6. The van der Waals surface area contributed by atoms with Crippen molar-refractivity contribution in [2.45, 2.75) is 13.0 Å². The average molecular weight is 450 g/mol. The summed E-state index contributed by atoms with van der Waals surface area (Å²) < 4.78 is 4.96. The number of rotatable bonds is 4. The van der Waals surface area contributed by atoms with Crippen LogP contribution in [0.4, 0.5) is 10.5 Å². The van der Waals surface area contributed by atoms with Crippen LogP contribution in [0.1, 0.15) is 38.0 Å². The first-order valence-electron chi connectivity index (χ1n) is 8.39. The van der Waals surface area contributed by atoms with Crippen molar-refractivity contribution in [3.63, 3.8) is 0 Å². The van der Waals surface area contributed by atoms with Crippen molar-refractivity contribution in [1.82, 2.24) is 5.32 Å². The van der Waals surface area contributed by atoms with Crippen LogP contribution in [0.15, 0.2) is 36.4 Å². The molecule has 0 unspecified atom stereocenters. The molecule has 30 heavy (non-hydrogen) atoms. The first-order chi connectivity index (χ1) is 14.1. The fraction of sp³-hybridized carbons (Fsp3) is 0.105. The molecule has 1 aliphatic rings. The SMILES string of the molecule is C[C@@H](OC(=O)c1ccc2c(c1)C(=O)N(c1ccc(Cl)c(Cl)c1)C2=O)C(=O)NC(N)=O. The lowest BCUT2D eigenvalue weighted by Gasteiger charge is -2.14. The molecule has 1 heterocycles. The predicted octanol–water partition coefficient (Wildman–Crippen LogP) is 2.53. The molecule has 1 atom stereocenters. The molecule has 5 amide bonds. The molecule has 0 spiro atoms. The van der Waals surface area contributed by atoms with Crippen molar-refractivity contribution in [3.8, 4) is 0 Å². The van der Waals surface area contributed by atoms with E-state index in [1.165, 1.54) is 43.3 Å². The molecule has 2 aromatic carbocycles. The number of ether oxygens (including phenoxy) is 1. The van der Waals surface area contributed by atoms with Crippen LogP contribution in [0.2, 0.25) is 10.0 Å². The Hall–Kier alpha value is -3.43. The van der Waals surface area contributed by atoms with Crippen LogP contribution in [0.25, 0.3) is 0 Å². The summed E-state index contributed by atoms with van der Waals surface area (Å²) in [7, 11) is 0. The molecule has 0 aliphatic carbocycles. The van der Waals surface area contributed by atoms with E-state index in [2.05, 4.69) is 0 Å². The van der Waals surface area contributed by atoms with Gasteiger partial charge in [0.05, 0.1) is 32.4 Å². The molecule has 154 valence electrons. The average Bonchev–Trinajstić information content (AvgIpc) is 2.93. The highest BCUT2D eigenvalue weighted by Gasteiger charge is 2.37. The molecular formula is C19H13Cl2N3O6. The zero-order valence-electron chi connectivity index (χ0n) is 15.3. The fourth-order valence-corrected chi connectivity index (χ4v) is 3.02. The molecule has 0 bridgehead atoms. The van der Waals surface area contributed by atoms with Gasteiger partial charge in [0.2, 0.25) is 0 Å². The van der Waals surface area contributed by atoms with Gasteiger partial charge in [-0.15, -0.1) is 0 Å². The lowest BCUT2D eigenvalue weighted by molar-refractivity contribution is -0.127. The second kappa shape index (κ2) is 8.13. The molecule has 1 aliphatic heterocycles. The molecule has 11 heteroatoms. The van der Waals surface area contributed by atoms with Crippen LogP contribution >= 0.6 is 23.2 Å².